The first-order chi connectivity index (χ1) is 7.70. The Labute approximate surface area is 102 Å². The van der Waals surface area contributed by atoms with Crippen molar-refractivity contribution in [1.82, 2.24) is 9.97 Å². The molecule has 0 N–H and O–H groups in total. The van der Waals surface area contributed by atoms with E-state index in [9.17, 15) is 0 Å². The van der Waals surface area contributed by atoms with E-state index in [-0.39, 0.29) is 0 Å². The van der Waals surface area contributed by atoms with Crippen LogP contribution in [0.5, 0.6) is 0 Å². The van der Waals surface area contributed by atoms with E-state index in [1.54, 1.807) is 6.20 Å². The number of anilines is 1. The maximum Gasteiger partial charge on any atom is 0.147 e. The minimum Gasteiger partial charge on any atom is -0.355 e. The highest BCUT2D eigenvalue weighted by Crippen LogP contribution is 2.26. The summed E-state index contributed by atoms with van der Waals surface area (Å²) in [5.74, 6) is 2.93. The normalized spacial score (nSPS) is 20.8. The summed E-state index contributed by atoms with van der Waals surface area (Å²) in [5.41, 5.74) is 0.854. The van der Waals surface area contributed by atoms with E-state index in [4.69, 9.17) is 11.6 Å². The lowest BCUT2D eigenvalue weighted by Gasteiger charge is -2.18. The molecule has 1 fully saturated rings. The van der Waals surface area contributed by atoms with Gasteiger partial charge >= 0.3 is 0 Å². The van der Waals surface area contributed by atoms with E-state index in [2.05, 4.69) is 28.7 Å². The minimum atomic E-state index is 0.433. The van der Waals surface area contributed by atoms with Gasteiger partial charge in [0.05, 0.1) is 17.8 Å². The van der Waals surface area contributed by atoms with Crippen LogP contribution in [-0.4, -0.2) is 23.1 Å². The van der Waals surface area contributed by atoms with Crippen molar-refractivity contribution in [3.05, 3.63) is 18.1 Å². The Balaban J connectivity index is 2.08. The molecule has 0 radical (unpaired) electrons. The largest absolute Gasteiger partial charge is 0.355 e. The molecular formula is C12H18ClN3. The van der Waals surface area contributed by atoms with Gasteiger partial charge in [0.25, 0.3) is 0 Å². The van der Waals surface area contributed by atoms with Crippen molar-refractivity contribution in [3.8, 4) is 0 Å². The maximum atomic E-state index is 5.76. The lowest BCUT2D eigenvalue weighted by atomic mass is 9.95. The standard InChI is InChI=1S/C12H18ClN3/c1-9(2)10-3-4-16(8-10)12-7-14-6-11(5-13)15-12/h6-7,9-10H,3-5,8H2,1-2H3. The smallest absolute Gasteiger partial charge is 0.147 e. The van der Waals surface area contributed by atoms with Crippen LogP contribution in [0.3, 0.4) is 0 Å². The average Bonchev–Trinajstić information content (AvgIpc) is 2.78. The average molecular weight is 240 g/mol. The Bertz CT molecular complexity index is 354. The van der Waals surface area contributed by atoms with Crippen LogP contribution in [0.2, 0.25) is 0 Å². The number of hydrogen-bond donors (Lipinski definition) is 0. The van der Waals surface area contributed by atoms with Crippen LogP contribution in [0, 0.1) is 11.8 Å². The highest BCUT2D eigenvalue weighted by molar-refractivity contribution is 6.16. The number of rotatable bonds is 3. The van der Waals surface area contributed by atoms with E-state index >= 15 is 0 Å². The van der Waals surface area contributed by atoms with E-state index in [0.29, 0.717) is 5.88 Å². The third-order valence-corrected chi connectivity index (χ3v) is 3.57. The first kappa shape index (κ1) is 11.6. The lowest BCUT2D eigenvalue weighted by molar-refractivity contribution is 0.422. The van der Waals surface area contributed by atoms with Crippen molar-refractivity contribution < 1.29 is 0 Å². The van der Waals surface area contributed by atoms with E-state index < -0.39 is 0 Å². The number of nitrogens with zero attached hydrogens (tertiary/aromatic N) is 3. The Morgan fingerprint density at radius 3 is 2.94 bits per heavy atom. The van der Waals surface area contributed by atoms with Crippen LogP contribution in [-0.2, 0) is 5.88 Å². The molecule has 1 aliphatic heterocycles. The molecule has 1 aromatic rings. The van der Waals surface area contributed by atoms with Crippen LogP contribution in [0.25, 0.3) is 0 Å². The number of hydrogen-bond acceptors (Lipinski definition) is 3. The Morgan fingerprint density at radius 1 is 1.50 bits per heavy atom. The topological polar surface area (TPSA) is 29.0 Å². The fourth-order valence-electron chi connectivity index (χ4n) is 2.15. The molecule has 3 nitrogen and oxygen atoms in total. The first-order valence-corrected chi connectivity index (χ1v) is 6.36. The van der Waals surface area contributed by atoms with Crippen molar-refractivity contribution in [3.63, 3.8) is 0 Å². The van der Waals surface area contributed by atoms with Crippen molar-refractivity contribution in [2.75, 3.05) is 18.0 Å². The molecule has 0 aliphatic carbocycles. The summed E-state index contributed by atoms with van der Waals surface area (Å²) in [4.78, 5) is 11.0. The molecule has 0 spiro atoms. The predicted molar refractivity (Wildman–Crippen MR) is 66.7 cm³/mol. The third-order valence-electron chi connectivity index (χ3n) is 3.30. The van der Waals surface area contributed by atoms with Gasteiger partial charge in [0.2, 0.25) is 0 Å². The first-order valence-electron chi connectivity index (χ1n) is 5.82. The molecule has 16 heavy (non-hydrogen) atoms. The molecule has 1 aromatic heterocycles. The maximum absolute atomic E-state index is 5.76. The van der Waals surface area contributed by atoms with Crippen molar-refractivity contribution in [2.45, 2.75) is 26.1 Å². The molecule has 0 bridgehead atoms. The summed E-state index contributed by atoms with van der Waals surface area (Å²) in [6.45, 7) is 6.76. The second-order valence-electron chi connectivity index (χ2n) is 4.74. The Kier molecular flexibility index (Phi) is 3.64. The van der Waals surface area contributed by atoms with Crippen molar-refractivity contribution >= 4 is 17.4 Å². The van der Waals surface area contributed by atoms with Crippen molar-refractivity contribution in [1.29, 1.82) is 0 Å². The highest BCUT2D eigenvalue weighted by Gasteiger charge is 2.25. The second kappa shape index (κ2) is 5.00. The van der Waals surface area contributed by atoms with Gasteiger partial charge in [0.15, 0.2) is 0 Å². The molecule has 1 aliphatic rings. The van der Waals surface area contributed by atoms with Crippen LogP contribution in [0.15, 0.2) is 12.4 Å². The quantitative estimate of drug-likeness (QED) is 0.760. The van der Waals surface area contributed by atoms with Gasteiger partial charge in [-0.1, -0.05) is 13.8 Å². The predicted octanol–water partition coefficient (Wildman–Crippen LogP) is 2.70. The van der Waals surface area contributed by atoms with Gasteiger partial charge in [-0.2, -0.15) is 0 Å². The van der Waals surface area contributed by atoms with Crippen LogP contribution in [0.1, 0.15) is 26.0 Å². The monoisotopic (exact) mass is 239 g/mol. The number of aromatic nitrogens is 2. The fraction of sp³-hybridized carbons (Fsp3) is 0.667. The Morgan fingerprint density at radius 2 is 2.31 bits per heavy atom. The van der Waals surface area contributed by atoms with Gasteiger partial charge in [-0.05, 0) is 18.3 Å². The summed E-state index contributed by atoms with van der Waals surface area (Å²) in [7, 11) is 0. The molecule has 2 rings (SSSR count). The Hall–Kier alpha value is -0.830. The van der Waals surface area contributed by atoms with Crippen molar-refractivity contribution in [2.24, 2.45) is 11.8 Å². The summed E-state index contributed by atoms with van der Waals surface area (Å²) in [6.07, 6.45) is 4.82. The van der Waals surface area contributed by atoms with Gasteiger partial charge in [-0.3, -0.25) is 4.98 Å². The van der Waals surface area contributed by atoms with E-state index in [1.165, 1.54) is 6.42 Å². The molecule has 1 saturated heterocycles. The molecule has 4 heteroatoms. The SMILES string of the molecule is CC(C)C1CCN(c2cncc(CCl)n2)C1. The van der Waals surface area contributed by atoms with Crippen LogP contribution in [0.4, 0.5) is 5.82 Å². The van der Waals surface area contributed by atoms with Gasteiger partial charge in [0, 0.05) is 19.3 Å². The number of alkyl halides is 1. The van der Waals surface area contributed by atoms with Gasteiger partial charge in [-0.15, -0.1) is 11.6 Å². The zero-order chi connectivity index (χ0) is 11.5. The lowest BCUT2D eigenvalue weighted by Crippen LogP contribution is -2.22. The van der Waals surface area contributed by atoms with Crippen LogP contribution >= 0.6 is 11.6 Å². The minimum absolute atomic E-state index is 0.433. The van der Waals surface area contributed by atoms with E-state index in [0.717, 1.165) is 36.4 Å². The molecule has 0 aromatic carbocycles. The molecule has 88 valence electrons. The number of halogens is 1. The third kappa shape index (κ3) is 2.46. The zero-order valence-electron chi connectivity index (χ0n) is 9.86. The van der Waals surface area contributed by atoms with Crippen LogP contribution < -0.4 is 4.90 Å². The van der Waals surface area contributed by atoms with Gasteiger partial charge < -0.3 is 4.90 Å². The highest BCUT2D eigenvalue weighted by atomic mass is 35.5. The molecule has 0 saturated carbocycles. The molecule has 0 amide bonds. The second-order valence-corrected chi connectivity index (χ2v) is 5.01. The summed E-state index contributed by atoms with van der Waals surface area (Å²) in [5, 5.41) is 0. The molecule has 2 heterocycles. The summed E-state index contributed by atoms with van der Waals surface area (Å²) < 4.78 is 0. The fourth-order valence-corrected chi connectivity index (χ4v) is 2.28. The summed E-state index contributed by atoms with van der Waals surface area (Å²) in [6, 6.07) is 0. The molecular weight excluding hydrogens is 222 g/mol. The summed E-state index contributed by atoms with van der Waals surface area (Å²) >= 11 is 5.76. The van der Waals surface area contributed by atoms with Gasteiger partial charge in [-0.25, -0.2) is 4.98 Å². The molecule has 1 atom stereocenters. The molecule has 1 unspecified atom stereocenters. The van der Waals surface area contributed by atoms with E-state index in [1.807, 2.05) is 6.20 Å². The zero-order valence-corrected chi connectivity index (χ0v) is 10.6. The van der Waals surface area contributed by atoms with Gasteiger partial charge in [0.1, 0.15) is 5.82 Å².